The first-order chi connectivity index (χ1) is 8.24. The van der Waals surface area contributed by atoms with Crippen LogP contribution in [0.3, 0.4) is 0 Å². The minimum atomic E-state index is 0.579. The van der Waals surface area contributed by atoms with Gasteiger partial charge in [-0.25, -0.2) is 9.97 Å². The highest BCUT2D eigenvalue weighted by atomic mass is 15.2. The molecule has 2 rings (SSSR count). The van der Waals surface area contributed by atoms with E-state index in [1.165, 1.54) is 25.7 Å². The summed E-state index contributed by atoms with van der Waals surface area (Å²) in [6.07, 6.45) is 6.86. The first-order valence-electron chi connectivity index (χ1n) is 6.50. The summed E-state index contributed by atoms with van der Waals surface area (Å²) in [5.41, 5.74) is 1.16. The minimum Gasteiger partial charge on any atom is -0.373 e. The Morgan fingerprint density at radius 2 is 2.12 bits per heavy atom. The van der Waals surface area contributed by atoms with Crippen LogP contribution in [0.1, 0.15) is 38.2 Å². The maximum Gasteiger partial charge on any atom is 0.137 e. The van der Waals surface area contributed by atoms with E-state index in [1.54, 1.807) is 6.33 Å². The van der Waals surface area contributed by atoms with Gasteiger partial charge in [-0.05, 0) is 26.7 Å². The topological polar surface area (TPSA) is 41.1 Å². The van der Waals surface area contributed by atoms with Crippen molar-refractivity contribution in [1.82, 2.24) is 9.97 Å². The molecule has 1 saturated heterocycles. The van der Waals surface area contributed by atoms with Gasteiger partial charge in [0.05, 0.1) is 0 Å². The molecule has 0 bridgehead atoms. The summed E-state index contributed by atoms with van der Waals surface area (Å²) < 4.78 is 0. The standard InChI is InChI=1S/C13H22N4/c1-10-7-5-4-6-8-17(10)13-11(2)12(14-3)15-9-16-13/h9-10H,4-8H2,1-3H3,(H,14,15,16). The van der Waals surface area contributed by atoms with E-state index in [-0.39, 0.29) is 0 Å². The fourth-order valence-corrected chi connectivity index (χ4v) is 2.57. The molecule has 1 aromatic rings. The Labute approximate surface area is 103 Å². The molecule has 1 aromatic heterocycles. The van der Waals surface area contributed by atoms with Crippen molar-refractivity contribution in [1.29, 1.82) is 0 Å². The SMILES string of the molecule is CNc1ncnc(N2CCCCCC2C)c1C. The molecule has 94 valence electrons. The van der Waals surface area contributed by atoms with E-state index in [0.29, 0.717) is 6.04 Å². The van der Waals surface area contributed by atoms with E-state index >= 15 is 0 Å². The summed E-state index contributed by atoms with van der Waals surface area (Å²) in [6, 6.07) is 0.579. The van der Waals surface area contributed by atoms with E-state index in [2.05, 4.69) is 34.0 Å². The maximum absolute atomic E-state index is 4.48. The molecular formula is C13H22N4. The molecule has 1 unspecified atom stereocenters. The Hall–Kier alpha value is -1.32. The first-order valence-corrected chi connectivity index (χ1v) is 6.50. The van der Waals surface area contributed by atoms with E-state index in [1.807, 2.05) is 7.05 Å². The Balaban J connectivity index is 2.31. The lowest BCUT2D eigenvalue weighted by Gasteiger charge is -2.29. The summed E-state index contributed by atoms with van der Waals surface area (Å²) in [4.78, 5) is 11.2. The normalized spacial score (nSPS) is 21.1. The molecule has 0 amide bonds. The van der Waals surface area contributed by atoms with Crippen LogP contribution in [0.15, 0.2) is 6.33 Å². The number of nitrogens with one attached hydrogen (secondary N) is 1. The zero-order valence-electron chi connectivity index (χ0n) is 11.0. The van der Waals surface area contributed by atoms with Gasteiger partial charge in [-0.2, -0.15) is 0 Å². The average molecular weight is 234 g/mol. The third-order valence-electron chi connectivity index (χ3n) is 3.62. The maximum atomic E-state index is 4.48. The second kappa shape index (κ2) is 5.34. The van der Waals surface area contributed by atoms with Crippen molar-refractivity contribution in [2.24, 2.45) is 0 Å². The molecule has 0 spiro atoms. The second-order valence-corrected chi connectivity index (χ2v) is 4.81. The van der Waals surface area contributed by atoms with Crippen LogP contribution < -0.4 is 10.2 Å². The van der Waals surface area contributed by atoms with E-state index in [0.717, 1.165) is 23.7 Å². The molecule has 1 N–H and O–H groups in total. The molecule has 2 heterocycles. The van der Waals surface area contributed by atoms with Crippen molar-refractivity contribution in [3.8, 4) is 0 Å². The Morgan fingerprint density at radius 3 is 2.88 bits per heavy atom. The van der Waals surface area contributed by atoms with E-state index in [9.17, 15) is 0 Å². The van der Waals surface area contributed by atoms with Gasteiger partial charge >= 0.3 is 0 Å². The van der Waals surface area contributed by atoms with Crippen LogP contribution in [0.2, 0.25) is 0 Å². The van der Waals surface area contributed by atoms with Gasteiger partial charge in [-0.1, -0.05) is 12.8 Å². The van der Waals surface area contributed by atoms with E-state index < -0.39 is 0 Å². The molecular weight excluding hydrogens is 212 g/mol. The number of rotatable bonds is 2. The van der Waals surface area contributed by atoms with Crippen LogP contribution in [-0.4, -0.2) is 29.6 Å². The van der Waals surface area contributed by atoms with Crippen LogP contribution in [0.5, 0.6) is 0 Å². The van der Waals surface area contributed by atoms with Gasteiger partial charge in [0.1, 0.15) is 18.0 Å². The molecule has 0 aromatic carbocycles. The average Bonchev–Trinajstić information content (AvgIpc) is 2.55. The molecule has 0 saturated carbocycles. The van der Waals surface area contributed by atoms with Crippen LogP contribution in [0.4, 0.5) is 11.6 Å². The number of nitrogens with zero attached hydrogens (tertiary/aromatic N) is 3. The predicted molar refractivity (Wildman–Crippen MR) is 71.6 cm³/mol. The second-order valence-electron chi connectivity index (χ2n) is 4.81. The van der Waals surface area contributed by atoms with Crippen LogP contribution in [0.25, 0.3) is 0 Å². The smallest absolute Gasteiger partial charge is 0.137 e. The zero-order chi connectivity index (χ0) is 12.3. The molecule has 1 aliphatic heterocycles. The third-order valence-corrected chi connectivity index (χ3v) is 3.62. The number of aromatic nitrogens is 2. The van der Waals surface area contributed by atoms with Gasteiger partial charge in [0.25, 0.3) is 0 Å². The van der Waals surface area contributed by atoms with Crippen molar-refractivity contribution in [2.75, 3.05) is 23.8 Å². The molecule has 1 atom stereocenters. The van der Waals surface area contributed by atoms with Gasteiger partial charge in [-0.15, -0.1) is 0 Å². The molecule has 0 radical (unpaired) electrons. The fraction of sp³-hybridized carbons (Fsp3) is 0.692. The fourth-order valence-electron chi connectivity index (χ4n) is 2.57. The number of hydrogen-bond acceptors (Lipinski definition) is 4. The highest BCUT2D eigenvalue weighted by Crippen LogP contribution is 2.27. The van der Waals surface area contributed by atoms with Crippen LogP contribution in [-0.2, 0) is 0 Å². The quantitative estimate of drug-likeness (QED) is 0.854. The largest absolute Gasteiger partial charge is 0.373 e. The van der Waals surface area contributed by atoms with Crippen molar-refractivity contribution in [2.45, 2.75) is 45.6 Å². The molecule has 17 heavy (non-hydrogen) atoms. The number of hydrogen-bond donors (Lipinski definition) is 1. The lowest BCUT2D eigenvalue weighted by Crippen LogP contribution is -2.34. The highest BCUT2D eigenvalue weighted by Gasteiger charge is 2.20. The molecule has 4 nitrogen and oxygen atoms in total. The van der Waals surface area contributed by atoms with Gasteiger partial charge < -0.3 is 10.2 Å². The van der Waals surface area contributed by atoms with E-state index in [4.69, 9.17) is 0 Å². The summed E-state index contributed by atoms with van der Waals surface area (Å²) in [5, 5.41) is 3.13. The highest BCUT2D eigenvalue weighted by molar-refractivity contribution is 5.58. The summed E-state index contributed by atoms with van der Waals surface area (Å²) in [5.74, 6) is 2.03. The van der Waals surface area contributed by atoms with Crippen molar-refractivity contribution >= 4 is 11.6 Å². The molecule has 1 fully saturated rings. The van der Waals surface area contributed by atoms with Gasteiger partial charge in [-0.3, -0.25) is 0 Å². The molecule has 1 aliphatic rings. The van der Waals surface area contributed by atoms with Crippen molar-refractivity contribution < 1.29 is 0 Å². The predicted octanol–water partition coefficient (Wildman–Crippen LogP) is 2.60. The molecule has 0 aliphatic carbocycles. The Morgan fingerprint density at radius 1 is 1.29 bits per heavy atom. The van der Waals surface area contributed by atoms with Gasteiger partial charge in [0.15, 0.2) is 0 Å². The van der Waals surface area contributed by atoms with Crippen molar-refractivity contribution in [3.63, 3.8) is 0 Å². The lowest BCUT2D eigenvalue weighted by atomic mass is 10.1. The summed E-state index contributed by atoms with van der Waals surface area (Å²) in [6.45, 7) is 5.51. The summed E-state index contributed by atoms with van der Waals surface area (Å²) in [7, 11) is 1.91. The van der Waals surface area contributed by atoms with Crippen molar-refractivity contribution in [3.05, 3.63) is 11.9 Å². The van der Waals surface area contributed by atoms with Crippen LogP contribution in [0, 0.1) is 6.92 Å². The Bertz CT molecular complexity index is 378. The summed E-state index contributed by atoms with van der Waals surface area (Å²) >= 11 is 0. The molecule has 4 heteroatoms. The van der Waals surface area contributed by atoms with Gasteiger partial charge in [0, 0.05) is 25.2 Å². The minimum absolute atomic E-state index is 0.579. The third kappa shape index (κ3) is 2.51. The zero-order valence-corrected chi connectivity index (χ0v) is 11.0. The van der Waals surface area contributed by atoms with Gasteiger partial charge in [0.2, 0.25) is 0 Å². The lowest BCUT2D eigenvalue weighted by molar-refractivity contribution is 0.609. The van der Waals surface area contributed by atoms with Crippen LogP contribution >= 0.6 is 0 Å². The Kier molecular flexibility index (Phi) is 3.82. The monoisotopic (exact) mass is 234 g/mol. The number of anilines is 2. The first kappa shape index (κ1) is 12.1.